The number of aryl methyl sites for hydroxylation is 1. The zero-order chi connectivity index (χ0) is 28.8. The number of rotatable bonds is 12. The molecule has 2 aromatic rings. The van der Waals surface area contributed by atoms with Gasteiger partial charge in [0.2, 0.25) is 5.91 Å². The van der Waals surface area contributed by atoms with E-state index in [4.69, 9.17) is 9.47 Å². The highest BCUT2D eigenvalue weighted by atomic mass is 16.5. The number of ether oxygens (including phenoxy) is 2. The fraction of sp³-hybridized carbons (Fsp3) is 0.639. The molecule has 42 heavy (non-hydrogen) atoms. The van der Waals surface area contributed by atoms with Crippen molar-refractivity contribution >= 4 is 5.91 Å². The van der Waals surface area contributed by atoms with Crippen LogP contribution in [0.2, 0.25) is 0 Å². The van der Waals surface area contributed by atoms with E-state index in [0.717, 1.165) is 76.0 Å². The minimum Gasteiger partial charge on any atom is -0.493 e. The molecule has 2 heterocycles. The average Bonchev–Trinajstić information content (AvgIpc) is 3.59. The highest BCUT2D eigenvalue weighted by Crippen LogP contribution is 2.64. The Hall–Kier alpha value is -2.57. The summed E-state index contributed by atoms with van der Waals surface area (Å²) in [5.74, 6) is 2.99. The van der Waals surface area contributed by atoms with Crippen LogP contribution in [0, 0.1) is 11.8 Å². The molecular weight excluding hydrogens is 524 g/mol. The van der Waals surface area contributed by atoms with E-state index in [1.807, 2.05) is 7.05 Å². The van der Waals surface area contributed by atoms with Gasteiger partial charge in [-0.05, 0) is 81.0 Å². The van der Waals surface area contributed by atoms with Gasteiger partial charge in [-0.3, -0.25) is 9.69 Å². The molecule has 2 bridgehead atoms. The fourth-order valence-electron chi connectivity index (χ4n) is 9.24. The second kappa shape index (κ2) is 11.5. The zero-order valence-electron chi connectivity index (χ0n) is 25.5. The molecule has 1 saturated heterocycles. The number of methoxy groups -OCH3 is 1. The Balaban J connectivity index is 1.01. The molecule has 3 aliphatic carbocycles. The van der Waals surface area contributed by atoms with Crippen LogP contribution in [-0.2, 0) is 23.1 Å². The Bertz CT molecular complexity index is 1280. The van der Waals surface area contributed by atoms with Crippen molar-refractivity contribution in [1.82, 2.24) is 9.80 Å². The number of likely N-dealkylation sites (tertiary alicyclic amines) is 1. The number of unbranched alkanes of at least 4 members (excludes halogenated alkanes) is 4. The first-order chi connectivity index (χ1) is 20.5. The third-order valence-electron chi connectivity index (χ3n) is 11.5. The summed E-state index contributed by atoms with van der Waals surface area (Å²) >= 11 is 0. The zero-order valence-corrected chi connectivity index (χ0v) is 25.5. The third-order valence-corrected chi connectivity index (χ3v) is 11.5. The van der Waals surface area contributed by atoms with Crippen molar-refractivity contribution in [2.75, 3.05) is 27.2 Å². The standard InChI is InChI=1S/C36H48N2O4/c1-37(32(40)14-10-5-3-4-7-11-24-12-8-6-9-13-24)28-17-16-27-29-21-25-15-18-31(41-2)34-33(25)36(27,35(28)42-34)19-20-38(29)23-26-22-30(26)39/h6,8-9,12-13,15,18,26-30,35,39H,3-5,7,10-11,14,16-17,19-23H2,1-2H3/t26?,27-,28+,29+,30?,35-,36-/m0/s1. The summed E-state index contributed by atoms with van der Waals surface area (Å²) in [5.41, 5.74) is 4.15. The molecule has 0 radical (unpaired) electrons. The molecule has 1 N–H and O–H groups in total. The summed E-state index contributed by atoms with van der Waals surface area (Å²) in [6, 6.07) is 15.6. The molecule has 5 aliphatic rings. The van der Waals surface area contributed by atoms with Crippen molar-refractivity contribution < 1.29 is 19.4 Å². The maximum Gasteiger partial charge on any atom is 0.222 e. The summed E-state index contributed by atoms with van der Waals surface area (Å²) in [4.78, 5) is 18.3. The summed E-state index contributed by atoms with van der Waals surface area (Å²) < 4.78 is 12.8. The molecule has 6 nitrogen and oxygen atoms in total. The normalized spacial score (nSPS) is 32.2. The smallest absolute Gasteiger partial charge is 0.222 e. The molecule has 226 valence electrons. The van der Waals surface area contributed by atoms with Crippen molar-refractivity contribution in [3.8, 4) is 11.5 Å². The van der Waals surface area contributed by atoms with Gasteiger partial charge < -0.3 is 19.5 Å². The SMILES string of the molecule is COc1ccc2c3c1O[C@H]1[C@H](N(C)C(=O)CCCCCCCc4ccccc4)CC[C@H]4[C@@H](C2)N(CC2CC2O)CC[C@@]341. The van der Waals surface area contributed by atoms with Gasteiger partial charge in [0.15, 0.2) is 11.5 Å². The molecule has 2 unspecified atom stereocenters. The molecule has 7 rings (SSSR count). The molecule has 6 heteroatoms. The fourth-order valence-corrected chi connectivity index (χ4v) is 9.24. The molecule has 2 saturated carbocycles. The number of likely N-dealkylation sites (N-methyl/N-ethyl adjacent to an activating group) is 1. The number of piperidine rings is 1. The quantitative estimate of drug-likeness (QED) is 0.339. The summed E-state index contributed by atoms with van der Waals surface area (Å²) in [7, 11) is 3.76. The largest absolute Gasteiger partial charge is 0.493 e. The van der Waals surface area contributed by atoms with Gasteiger partial charge in [0.1, 0.15) is 6.10 Å². The number of hydrogen-bond acceptors (Lipinski definition) is 5. The molecule has 2 aliphatic heterocycles. The molecule has 1 amide bonds. The van der Waals surface area contributed by atoms with E-state index in [-0.39, 0.29) is 29.6 Å². The van der Waals surface area contributed by atoms with E-state index in [1.165, 1.54) is 36.0 Å². The Morgan fingerprint density at radius 2 is 1.88 bits per heavy atom. The first-order valence-electron chi connectivity index (χ1n) is 16.6. The van der Waals surface area contributed by atoms with Crippen LogP contribution in [0.25, 0.3) is 0 Å². The van der Waals surface area contributed by atoms with Crippen LogP contribution in [0.15, 0.2) is 42.5 Å². The summed E-state index contributed by atoms with van der Waals surface area (Å²) in [5, 5.41) is 10.1. The molecule has 0 aromatic heterocycles. The van der Waals surface area contributed by atoms with Crippen LogP contribution in [0.1, 0.15) is 80.9 Å². The van der Waals surface area contributed by atoms with Gasteiger partial charge in [0, 0.05) is 43.0 Å². The maximum atomic E-state index is 13.6. The monoisotopic (exact) mass is 572 g/mol. The lowest BCUT2D eigenvalue weighted by atomic mass is 9.51. The molecule has 1 spiro atoms. The van der Waals surface area contributed by atoms with Gasteiger partial charge in [-0.15, -0.1) is 0 Å². The van der Waals surface area contributed by atoms with E-state index in [0.29, 0.717) is 24.3 Å². The Morgan fingerprint density at radius 3 is 2.67 bits per heavy atom. The second-order valence-electron chi connectivity index (χ2n) is 13.8. The van der Waals surface area contributed by atoms with E-state index in [2.05, 4.69) is 52.3 Å². The van der Waals surface area contributed by atoms with E-state index >= 15 is 0 Å². The first kappa shape index (κ1) is 28.2. The van der Waals surface area contributed by atoms with Gasteiger partial charge >= 0.3 is 0 Å². The number of carbonyl (C=O) groups excluding carboxylic acids is 1. The number of carbonyl (C=O) groups is 1. The highest BCUT2D eigenvalue weighted by Gasteiger charge is 2.66. The predicted molar refractivity (Wildman–Crippen MR) is 164 cm³/mol. The van der Waals surface area contributed by atoms with Gasteiger partial charge in [-0.2, -0.15) is 0 Å². The number of benzene rings is 2. The van der Waals surface area contributed by atoms with Crippen molar-refractivity contribution in [2.24, 2.45) is 11.8 Å². The van der Waals surface area contributed by atoms with Crippen molar-refractivity contribution in [3.05, 3.63) is 59.2 Å². The van der Waals surface area contributed by atoms with E-state index < -0.39 is 0 Å². The Kier molecular flexibility index (Phi) is 7.72. The first-order valence-corrected chi connectivity index (χ1v) is 16.6. The second-order valence-corrected chi connectivity index (χ2v) is 13.8. The number of aliphatic hydroxyl groups excluding tert-OH is 1. The molecular formula is C36H48N2O4. The van der Waals surface area contributed by atoms with Crippen molar-refractivity contribution in [3.63, 3.8) is 0 Å². The summed E-state index contributed by atoms with van der Waals surface area (Å²) in [6.07, 6.45) is 12.5. The average molecular weight is 573 g/mol. The lowest BCUT2D eigenvalue weighted by Gasteiger charge is -2.60. The van der Waals surface area contributed by atoms with Crippen molar-refractivity contribution in [1.29, 1.82) is 0 Å². The van der Waals surface area contributed by atoms with Gasteiger partial charge in [0.25, 0.3) is 0 Å². The van der Waals surface area contributed by atoms with Crippen molar-refractivity contribution in [2.45, 2.75) is 107 Å². The van der Waals surface area contributed by atoms with Crippen LogP contribution in [0.4, 0.5) is 0 Å². The summed E-state index contributed by atoms with van der Waals surface area (Å²) in [6.45, 7) is 2.05. The van der Waals surface area contributed by atoms with Crippen LogP contribution < -0.4 is 9.47 Å². The number of amides is 1. The van der Waals surface area contributed by atoms with Crippen LogP contribution in [-0.4, -0.2) is 72.4 Å². The topological polar surface area (TPSA) is 62.2 Å². The highest BCUT2D eigenvalue weighted by molar-refractivity contribution is 5.76. The molecule has 3 fully saturated rings. The Morgan fingerprint density at radius 1 is 1.10 bits per heavy atom. The Labute approximate surface area is 251 Å². The lowest BCUT2D eigenvalue weighted by molar-refractivity contribution is -0.140. The number of nitrogens with zero attached hydrogens (tertiary/aromatic N) is 2. The molecule has 2 aromatic carbocycles. The van der Waals surface area contributed by atoms with Crippen LogP contribution in [0.5, 0.6) is 11.5 Å². The van der Waals surface area contributed by atoms with Gasteiger partial charge in [-0.25, -0.2) is 0 Å². The lowest BCUT2D eigenvalue weighted by Crippen LogP contribution is -2.69. The minimum absolute atomic E-state index is 0.0234. The minimum atomic E-state index is -0.111. The van der Waals surface area contributed by atoms with Crippen LogP contribution in [0.3, 0.4) is 0 Å². The number of hydrogen-bond donors (Lipinski definition) is 1. The van der Waals surface area contributed by atoms with Gasteiger partial charge in [-0.1, -0.05) is 55.7 Å². The third kappa shape index (κ3) is 4.83. The van der Waals surface area contributed by atoms with Gasteiger partial charge in [0.05, 0.1) is 19.3 Å². The van der Waals surface area contributed by atoms with E-state index in [1.54, 1.807) is 7.11 Å². The van der Waals surface area contributed by atoms with Crippen LogP contribution >= 0.6 is 0 Å². The predicted octanol–water partition coefficient (Wildman–Crippen LogP) is 5.53. The molecule has 7 atom stereocenters. The maximum absolute atomic E-state index is 13.6. The van der Waals surface area contributed by atoms with E-state index in [9.17, 15) is 9.90 Å². The number of aliphatic hydroxyl groups is 1.